The van der Waals surface area contributed by atoms with Crippen LogP contribution in [0.5, 0.6) is 0 Å². The number of sulfonamides is 1. The van der Waals surface area contributed by atoms with Gasteiger partial charge in [-0.15, -0.1) is 0 Å². The lowest BCUT2D eigenvalue weighted by Crippen LogP contribution is -2.65. The summed E-state index contributed by atoms with van der Waals surface area (Å²) in [6.07, 6.45) is 6.31. The number of rotatable bonds is 4. The fourth-order valence-electron chi connectivity index (χ4n) is 5.99. The van der Waals surface area contributed by atoms with Crippen molar-refractivity contribution in [3.8, 4) is 0 Å². The van der Waals surface area contributed by atoms with Gasteiger partial charge in [0.15, 0.2) is 0 Å². The first-order valence-corrected chi connectivity index (χ1v) is 13.7. The third-order valence-electron chi connectivity index (χ3n) is 7.62. The van der Waals surface area contributed by atoms with Crippen molar-refractivity contribution in [2.24, 2.45) is 0 Å². The van der Waals surface area contributed by atoms with Gasteiger partial charge in [0.05, 0.1) is 16.6 Å². The van der Waals surface area contributed by atoms with Crippen molar-refractivity contribution >= 4 is 38.3 Å². The second kappa shape index (κ2) is 7.99. The predicted octanol–water partition coefficient (Wildman–Crippen LogP) is 5.57. The molecule has 3 atom stereocenters. The standard InChI is InChI=1S/C26H29IN2O2S/c1-4-20(27)17-28-16-15-26-19(3)11-14-24(28)25(26)29(23-8-6-5-7-22(23)26)32(30,31)21-12-9-18(2)10-13-21/h4-13,24-25H,14-17H2,1-3H3/b20-4-. The predicted molar refractivity (Wildman–Crippen MR) is 139 cm³/mol. The van der Waals surface area contributed by atoms with Crippen LogP contribution in [0.3, 0.4) is 0 Å². The van der Waals surface area contributed by atoms with E-state index in [1.54, 1.807) is 16.4 Å². The number of piperidine rings is 1. The highest BCUT2D eigenvalue weighted by Gasteiger charge is 2.62. The first-order valence-electron chi connectivity index (χ1n) is 11.2. The first-order chi connectivity index (χ1) is 15.3. The molecule has 5 rings (SSSR count). The number of aryl methyl sites for hydroxylation is 1. The molecule has 168 valence electrons. The number of hydrogen-bond donors (Lipinski definition) is 0. The Hall–Kier alpha value is -1.64. The molecule has 3 unspecified atom stereocenters. The Morgan fingerprint density at radius 2 is 1.88 bits per heavy atom. The van der Waals surface area contributed by atoms with Crippen LogP contribution in [-0.4, -0.2) is 38.5 Å². The number of para-hydroxylation sites is 1. The number of halogens is 1. The van der Waals surface area contributed by atoms with Gasteiger partial charge in [0.2, 0.25) is 0 Å². The molecule has 1 fully saturated rings. The second-order valence-electron chi connectivity index (χ2n) is 9.19. The van der Waals surface area contributed by atoms with Crippen LogP contribution in [0.2, 0.25) is 0 Å². The molecule has 1 aliphatic carbocycles. The molecule has 0 radical (unpaired) electrons. The fraction of sp³-hybridized carbons (Fsp3) is 0.385. The van der Waals surface area contributed by atoms with E-state index in [0.29, 0.717) is 4.90 Å². The average molecular weight is 561 g/mol. The van der Waals surface area contributed by atoms with Gasteiger partial charge < -0.3 is 0 Å². The van der Waals surface area contributed by atoms with Crippen LogP contribution in [0, 0.1) is 6.92 Å². The van der Waals surface area contributed by atoms with E-state index in [9.17, 15) is 8.42 Å². The van der Waals surface area contributed by atoms with Crippen molar-refractivity contribution in [1.82, 2.24) is 4.90 Å². The Labute approximate surface area is 205 Å². The Balaban J connectivity index is 1.71. The molecular formula is C26H29IN2O2S. The summed E-state index contributed by atoms with van der Waals surface area (Å²) >= 11 is 2.41. The van der Waals surface area contributed by atoms with Crippen LogP contribution >= 0.6 is 22.6 Å². The third kappa shape index (κ3) is 3.13. The summed E-state index contributed by atoms with van der Waals surface area (Å²) in [6.45, 7) is 8.10. The van der Waals surface area contributed by atoms with Gasteiger partial charge in [-0.3, -0.25) is 9.21 Å². The number of fused-ring (bicyclic) bond motifs is 1. The maximum Gasteiger partial charge on any atom is 0.264 e. The summed E-state index contributed by atoms with van der Waals surface area (Å²) in [4.78, 5) is 2.87. The molecule has 1 saturated heterocycles. The molecule has 2 aromatic rings. The van der Waals surface area contributed by atoms with Crippen molar-refractivity contribution in [2.75, 3.05) is 17.4 Å². The van der Waals surface area contributed by atoms with Gasteiger partial charge >= 0.3 is 0 Å². The smallest absolute Gasteiger partial charge is 0.264 e. The topological polar surface area (TPSA) is 40.6 Å². The zero-order valence-corrected chi connectivity index (χ0v) is 21.7. The van der Waals surface area contributed by atoms with E-state index in [-0.39, 0.29) is 17.5 Å². The second-order valence-corrected chi connectivity index (χ2v) is 12.4. The molecule has 4 nitrogen and oxygen atoms in total. The SMILES string of the molecule is C/C=C(\I)CN1CCC23C(C)=CCC1C2N(S(=O)(=O)c1ccc(C)cc1)c1ccccc13. The van der Waals surface area contributed by atoms with Crippen LogP contribution in [0.4, 0.5) is 5.69 Å². The highest BCUT2D eigenvalue weighted by Crippen LogP contribution is 2.59. The zero-order chi connectivity index (χ0) is 22.7. The van der Waals surface area contributed by atoms with E-state index in [1.807, 2.05) is 31.2 Å². The minimum absolute atomic E-state index is 0.133. The first kappa shape index (κ1) is 22.2. The Morgan fingerprint density at radius 3 is 2.59 bits per heavy atom. The number of allylic oxidation sites excluding steroid dienone is 1. The number of hydrogen-bond acceptors (Lipinski definition) is 3. The molecule has 0 spiro atoms. The molecule has 0 aromatic heterocycles. The van der Waals surface area contributed by atoms with Gasteiger partial charge in [-0.25, -0.2) is 8.42 Å². The largest absolute Gasteiger partial charge is 0.293 e. The maximum atomic E-state index is 14.2. The molecule has 32 heavy (non-hydrogen) atoms. The Kier molecular flexibility index (Phi) is 5.54. The van der Waals surface area contributed by atoms with Crippen LogP contribution in [0.15, 0.2) is 74.7 Å². The number of likely N-dealkylation sites (tertiary alicyclic amines) is 1. The summed E-state index contributed by atoms with van der Waals surface area (Å²) in [5, 5.41) is 0. The molecule has 2 heterocycles. The maximum absolute atomic E-state index is 14.2. The van der Waals surface area contributed by atoms with E-state index in [4.69, 9.17) is 0 Å². The summed E-state index contributed by atoms with van der Waals surface area (Å²) in [5.74, 6) is 0. The average Bonchev–Trinajstić information content (AvgIpc) is 3.11. The molecule has 6 heteroatoms. The van der Waals surface area contributed by atoms with E-state index >= 15 is 0 Å². The highest BCUT2D eigenvalue weighted by molar-refractivity contribution is 14.1. The fourth-order valence-corrected chi connectivity index (χ4v) is 8.17. The molecule has 3 aliphatic rings. The van der Waals surface area contributed by atoms with Crippen molar-refractivity contribution in [3.05, 3.63) is 81.0 Å². The molecule has 2 aromatic carbocycles. The summed E-state index contributed by atoms with van der Waals surface area (Å²) in [5.41, 5.74) is 4.13. The molecule has 0 saturated carbocycles. The molecule has 0 N–H and O–H groups in total. The number of anilines is 1. The van der Waals surface area contributed by atoms with Crippen LogP contribution < -0.4 is 4.31 Å². The van der Waals surface area contributed by atoms with Gasteiger partial charge in [0.1, 0.15) is 0 Å². The summed E-state index contributed by atoms with van der Waals surface area (Å²) in [7, 11) is -3.70. The monoisotopic (exact) mass is 560 g/mol. The van der Waals surface area contributed by atoms with E-state index < -0.39 is 10.0 Å². The molecule has 2 aliphatic heterocycles. The molecular weight excluding hydrogens is 531 g/mol. The number of nitrogens with zero attached hydrogens (tertiary/aromatic N) is 2. The van der Waals surface area contributed by atoms with Gasteiger partial charge in [-0.2, -0.15) is 0 Å². The third-order valence-corrected chi connectivity index (χ3v) is 10.4. The quantitative estimate of drug-likeness (QED) is 0.363. The van der Waals surface area contributed by atoms with Crippen molar-refractivity contribution < 1.29 is 8.42 Å². The van der Waals surface area contributed by atoms with Gasteiger partial charge in [-0.1, -0.05) is 53.6 Å². The van der Waals surface area contributed by atoms with Crippen LogP contribution in [-0.2, 0) is 15.4 Å². The summed E-state index contributed by atoms with van der Waals surface area (Å²) in [6, 6.07) is 15.5. The molecule has 0 amide bonds. The molecule has 2 bridgehead atoms. The van der Waals surface area contributed by atoms with E-state index in [0.717, 1.165) is 37.2 Å². The van der Waals surface area contributed by atoms with E-state index in [2.05, 4.69) is 65.6 Å². The van der Waals surface area contributed by atoms with Crippen molar-refractivity contribution in [2.45, 2.75) is 56.0 Å². The zero-order valence-electron chi connectivity index (χ0n) is 18.8. The van der Waals surface area contributed by atoms with E-state index in [1.165, 1.54) is 14.7 Å². The lowest BCUT2D eigenvalue weighted by Gasteiger charge is -2.54. The van der Waals surface area contributed by atoms with Gasteiger partial charge in [0.25, 0.3) is 10.0 Å². The van der Waals surface area contributed by atoms with Crippen LogP contribution in [0.1, 0.15) is 37.8 Å². The normalized spacial score (nSPS) is 27.7. The van der Waals surface area contributed by atoms with Crippen molar-refractivity contribution in [3.63, 3.8) is 0 Å². The van der Waals surface area contributed by atoms with Crippen LogP contribution in [0.25, 0.3) is 0 Å². The van der Waals surface area contributed by atoms with Gasteiger partial charge in [0, 0.05) is 28.1 Å². The van der Waals surface area contributed by atoms with Gasteiger partial charge in [-0.05, 0) is 80.0 Å². The minimum Gasteiger partial charge on any atom is -0.293 e. The lowest BCUT2D eigenvalue weighted by atomic mass is 9.61. The Morgan fingerprint density at radius 1 is 1.16 bits per heavy atom. The number of benzene rings is 2. The summed E-state index contributed by atoms with van der Waals surface area (Å²) < 4.78 is 31.4. The highest BCUT2D eigenvalue weighted by atomic mass is 127. The minimum atomic E-state index is -3.70. The Bertz CT molecular complexity index is 1220. The lowest BCUT2D eigenvalue weighted by molar-refractivity contribution is 0.0946. The van der Waals surface area contributed by atoms with Crippen molar-refractivity contribution in [1.29, 1.82) is 0 Å².